The van der Waals surface area contributed by atoms with Crippen LogP contribution in [0.5, 0.6) is 0 Å². The van der Waals surface area contributed by atoms with E-state index in [1.54, 1.807) is 23.6 Å². The highest BCUT2D eigenvalue weighted by atomic mass is 16.3. The minimum atomic E-state index is -1.29. The largest absolute Gasteiger partial charge is 0.381 e. The summed E-state index contributed by atoms with van der Waals surface area (Å²) < 4.78 is 0. The molecule has 9 heteroatoms. The molecular formula is C28H46N4O5. The zero-order chi connectivity index (χ0) is 27.4. The fraction of sp³-hybridized carbons (Fsp3) is 0.857. The van der Waals surface area contributed by atoms with Gasteiger partial charge in [-0.2, -0.15) is 0 Å². The third kappa shape index (κ3) is 5.52. The molecule has 0 radical (unpaired) electrons. The topological polar surface area (TPSA) is 119 Å². The Morgan fingerprint density at radius 2 is 1.65 bits per heavy atom. The van der Waals surface area contributed by atoms with Gasteiger partial charge in [0.2, 0.25) is 17.7 Å². The minimum absolute atomic E-state index is 0.00247. The highest BCUT2D eigenvalue weighted by Gasteiger charge is 2.70. The van der Waals surface area contributed by atoms with Crippen LogP contribution in [0.3, 0.4) is 0 Å². The highest BCUT2D eigenvalue weighted by molar-refractivity contribution is 5.94. The summed E-state index contributed by atoms with van der Waals surface area (Å²) >= 11 is 0. The molecule has 2 unspecified atom stereocenters. The second-order valence-electron chi connectivity index (χ2n) is 13.8. The summed E-state index contributed by atoms with van der Waals surface area (Å²) in [6, 6.07) is -2.13. The lowest BCUT2D eigenvalue weighted by molar-refractivity contribution is -0.148. The van der Waals surface area contributed by atoms with Crippen molar-refractivity contribution in [1.82, 2.24) is 20.4 Å². The van der Waals surface area contributed by atoms with Crippen LogP contribution in [-0.4, -0.2) is 82.4 Å². The van der Waals surface area contributed by atoms with Crippen molar-refractivity contribution in [2.75, 3.05) is 19.6 Å². The number of nitrogens with zero attached hydrogens (tertiary/aromatic N) is 2. The van der Waals surface area contributed by atoms with Crippen LogP contribution >= 0.6 is 0 Å². The van der Waals surface area contributed by atoms with Gasteiger partial charge in [0, 0.05) is 25.6 Å². The summed E-state index contributed by atoms with van der Waals surface area (Å²) in [5, 5.41) is 16.9. The average Bonchev–Trinajstić information content (AvgIpc) is 3.61. The van der Waals surface area contributed by atoms with Crippen molar-refractivity contribution in [3.63, 3.8) is 0 Å². The number of amides is 4. The van der Waals surface area contributed by atoms with E-state index < -0.39 is 29.6 Å². The van der Waals surface area contributed by atoms with E-state index in [4.69, 9.17) is 0 Å². The first-order chi connectivity index (χ1) is 17.1. The van der Waals surface area contributed by atoms with Gasteiger partial charge in [0.15, 0.2) is 6.10 Å². The van der Waals surface area contributed by atoms with Gasteiger partial charge in [-0.1, -0.05) is 61.3 Å². The zero-order valence-electron chi connectivity index (χ0n) is 23.5. The summed E-state index contributed by atoms with van der Waals surface area (Å²) in [4.78, 5) is 56.4. The van der Waals surface area contributed by atoms with E-state index in [1.807, 2.05) is 20.8 Å². The fourth-order valence-electron chi connectivity index (χ4n) is 6.08. The maximum absolute atomic E-state index is 13.9. The van der Waals surface area contributed by atoms with Crippen molar-refractivity contribution in [2.45, 2.75) is 98.4 Å². The maximum atomic E-state index is 13.9. The number of aliphatic hydroxyl groups excluding tert-OH is 1. The number of fused-ring (bicyclic) bond motifs is 1. The maximum Gasteiger partial charge on any atom is 0.253 e. The van der Waals surface area contributed by atoms with Gasteiger partial charge in [-0.3, -0.25) is 19.2 Å². The third-order valence-electron chi connectivity index (χ3n) is 9.10. The number of hydrogen-bond acceptors (Lipinski definition) is 5. The summed E-state index contributed by atoms with van der Waals surface area (Å²) in [5.41, 5.74) is -0.617. The smallest absolute Gasteiger partial charge is 0.253 e. The Labute approximate surface area is 221 Å². The monoisotopic (exact) mass is 518 g/mol. The van der Waals surface area contributed by atoms with Crippen molar-refractivity contribution in [3.8, 4) is 0 Å². The van der Waals surface area contributed by atoms with E-state index in [0.717, 1.165) is 19.3 Å². The number of carbonyl (C=O) groups is 4. The molecule has 2 aliphatic heterocycles. The van der Waals surface area contributed by atoms with Crippen LogP contribution in [0.15, 0.2) is 0 Å². The number of piperidine rings is 1. The number of likely N-dealkylation sites (tertiary alicyclic amines) is 2. The molecule has 3 N–H and O–H groups in total. The molecule has 0 aromatic rings. The molecule has 4 aliphatic rings. The number of aliphatic hydroxyl groups is 1. The van der Waals surface area contributed by atoms with Gasteiger partial charge in [-0.15, -0.1) is 0 Å². The number of nitrogens with one attached hydrogen (secondary N) is 2. The Morgan fingerprint density at radius 1 is 1.03 bits per heavy atom. The van der Waals surface area contributed by atoms with E-state index in [2.05, 4.69) is 24.5 Å². The normalized spacial score (nSPS) is 28.6. The Morgan fingerprint density at radius 3 is 2.14 bits per heavy atom. The molecule has 2 saturated heterocycles. The van der Waals surface area contributed by atoms with Gasteiger partial charge in [-0.05, 0) is 41.4 Å². The molecule has 2 heterocycles. The van der Waals surface area contributed by atoms with E-state index in [9.17, 15) is 24.3 Å². The molecule has 2 saturated carbocycles. The van der Waals surface area contributed by atoms with Gasteiger partial charge in [0.25, 0.3) is 5.91 Å². The van der Waals surface area contributed by atoms with Crippen molar-refractivity contribution < 1.29 is 24.3 Å². The first kappa shape index (κ1) is 27.9. The summed E-state index contributed by atoms with van der Waals surface area (Å²) in [6.45, 7) is 15.3. The SMILES string of the molecule is CC(C)C(=O)N[C@H](C(=O)N1C[C@H]2[C@@H]([C@H]1C(=O)NC(CC1CC1)C(O)C(=O)N1CCC1)C2(C)C)C(C)(C)C. The van der Waals surface area contributed by atoms with Crippen molar-refractivity contribution >= 4 is 23.6 Å². The van der Waals surface area contributed by atoms with Crippen LogP contribution in [0.25, 0.3) is 0 Å². The van der Waals surface area contributed by atoms with Crippen molar-refractivity contribution in [1.29, 1.82) is 0 Å². The summed E-state index contributed by atoms with van der Waals surface area (Å²) in [5.74, 6) is -0.758. The Hall–Kier alpha value is -2.16. The van der Waals surface area contributed by atoms with Crippen molar-refractivity contribution in [3.05, 3.63) is 0 Å². The lowest BCUT2D eigenvalue weighted by Gasteiger charge is -2.39. The predicted octanol–water partition coefficient (Wildman–Crippen LogP) is 1.53. The summed E-state index contributed by atoms with van der Waals surface area (Å²) in [6.07, 6.45) is 2.26. The van der Waals surface area contributed by atoms with Crippen LogP contribution in [0.2, 0.25) is 0 Å². The molecule has 4 fully saturated rings. The molecule has 4 amide bonds. The van der Waals surface area contributed by atoms with Crippen LogP contribution in [0.1, 0.15) is 74.1 Å². The van der Waals surface area contributed by atoms with E-state index in [-0.39, 0.29) is 46.8 Å². The molecule has 208 valence electrons. The Balaban J connectivity index is 1.54. The van der Waals surface area contributed by atoms with Gasteiger partial charge in [-0.25, -0.2) is 0 Å². The van der Waals surface area contributed by atoms with Crippen LogP contribution in [0, 0.1) is 34.5 Å². The van der Waals surface area contributed by atoms with E-state index in [0.29, 0.717) is 32.0 Å². The minimum Gasteiger partial charge on any atom is -0.381 e. The predicted molar refractivity (Wildman–Crippen MR) is 139 cm³/mol. The van der Waals surface area contributed by atoms with Crippen molar-refractivity contribution in [2.24, 2.45) is 34.5 Å². The fourth-order valence-corrected chi connectivity index (χ4v) is 6.08. The first-order valence-corrected chi connectivity index (χ1v) is 14.0. The molecule has 0 bridgehead atoms. The molecule has 2 aliphatic carbocycles. The third-order valence-corrected chi connectivity index (χ3v) is 9.10. The van der Waals surface area contributed by atoms with Crippen LogP contribution in [-0.2, 0) is 19.2 Å². The van der Waals surface area contributed by atoms with Crippen LogP contribution in [0.4, 0.5) is 0 Å². The summed E-state index contributed by atoms with van der Waals surface area (Å²) in [7, 11) is 0. The number of hydrogen-bond donors (Lipinski definition) is 3. The second kappa shape index (κ2) is 9.86. The van der Waals surface area contributed by atoms with Gasteiger partial charge in [0.1, 0.15) is 12.1 Å². The van der Waals surface area contributed by atoms with Crippen LogP contribution < -0.4 is 10.6 Å². The molecule has 0 aromatic carbocycles. The molecule has 37 heavy (non-hydrogen) atoms. The lowest BCUT2D eigenvalue weighted by atomic mass is 9.84. The standard InChI is InChI=1S/C28H46N4O5/c1-15(2)23(34)30-22(27(3,4)5)26(37)32-14-17-19(28(17,6)7)20(32)24(35)29-18(13-16-9-10-16)21(33)25(36)31-11-8-12-31/h15-22,33H,8-14H2,1-7H3,(H,29,35)(H,30,34)/t17-,18?,19-,20-,21?,22+/m0/s1. The second-order valence-corrected chi connectivity index (χ2v) is 13.8. The Bertz CT molecular complexity index is 933. The number of carbonyl (C=O) groups excluding carboxylic acids is 4. The van der Waals surface area contributed by atoms with E-state index in [1.165, 1.54) is 0 Å². The molecular weight excluding hydrogens is 472 g/mol. The van der Waals surface area contributed by atoms with Gasteiger partial charge in [0.05, 0.1) is 6.04 Å². The highest BCUT2D eigenvalue weighted by Crippen LogP contribution is 2.65. The molecule has 6 atom stereocenters. The Kier molecular flexibility index (Phi) is 7.42. The van der Waals surface area contributed by atoms with Gasteiger partial charge >= 0.3 is 0 Å². The lowest BCUT2D eigenvalue weighted by Crippen LogP contribution is -2.61. The van der Waals surface area contributed by atoms with E-state index >= 15 is 0 Å². The quantitative estimate of drug-likeness (QED) is 0.428. The average molecular weight is 519 g/mol. The molecule has 9 nitrogen and oxygen atoms in total. The molecule has 4 rings (SSSR count). The zero-order valence-corrected chi connectivity index (χ0v) is 23.5. The first-order valence-electron chi connectivity index (χ1n) is 14.0. The number of rotatable bonds is 9. The van der Waals surface area contributed by atoms with Gasteiger partial charge < -0.3 is 25.5 Å². The molecule has 0 spiro atoms. The molecule has 0 aromatic heterocycles.